The number of nitrogens with two attached hydrogens (primary N) is 1. The molecule has 1 aromatic heterocycles. The van der Waals surface area contributed by atoms with E-state index in [4.69, 9.17) is 22.1 Å². The van der Waals surface area contributed by atoms with Crippen molar-refractivity contribution >= 4 is 22.4 Å². The summed E-state index contributed by atoms with van der Waals surface area (Å²) >= 11 is 6.35. The Bertz CT molecular complexity index is 788. The molecule has 4 nitrogen and oxygen atoms in total. The molecule has 2 fully saturated rings. The fraction of sp³-hybridized carbons (Fsp3) is 0.500. The molecule has 3 N–H and O–H groups in total. The summed E-state index contributed by atoms with van der Waals surface area (Å²) in [4.78, 5) is 14.5. The standard InChI is InChI=1S/C18H21ClN2O2/c19-14-9-13-10(5-6-21-18(13)22)8-17(14)23-16-4-2-11-7-12(16)1-3-15(11)20/h5-6,8-9,11-12,15-16H,1-4,7,20H2,(H,21,22)/t11-,12+,15+,16?/m1/s1. The van der Waals surface area contributed by atoms with Crippen molar-refractivity contribution in [1.29, 1.82) is 0 Å². The predicted molar refractivity (Wildman–Crippen MR) is 92.0 cm³/mol. The zero-order valence-corrected chi connectivity index (χ0v) is 13.7. The number of aromatic nitrogens is 1. The third-order valence-corrected chi connectivity index (χ3v) is 5.83. The summed E-state index contributed by atoms with van der Waals surface area (Å²) in [5.41, 5.74) is 6.06. The molecule has 2 aliphatic rings. The van der Waals surface area contributed by atoms with Crippen LogP contribution in [0.5, 0.6) is 5.75 Å². The number of hydrogen-bond donors (Lipinski definition) is 2. The lowest BCUT2D eigenvalue weighted by Gasteiger charge is -2.43. The summed E-state index contributed by atoms with van der Waals surface area (Å²) in [5.74, 6) is 1.90. The highest BCUT2D eigenvalue weighted by atomic mass is 35.5. The van der Waals surface area contributed by atoms with Crippen LogP contribution in [0.25, 0.3) is 10.8 Å². The minimum Gasteiger partial charge on any atom is -0.489 e. The molecular formula is C18H21ClN2O2. The van der Waals surface area contributed by atoms with E-state index in [0.29, 0.717) is 34.0 Å². The van der Waals surface area contributed by atoms with Crippen molar-refractivity contribution in [3.8, 4) is 5.75 Å². The Balaban J connectivity index is 1.60. The highest BCUT2D eigenvalue weighted by Crippen LogP contribution is 2.42. The summed E-state index contributed by atoms with van der Waals surface area (Å²) in [6, 6.07) is 5.82. The van der Waals surface area contributed by atoms with Gasteiger partial charge >= 0.3 is 0 Å². The fourth-order valence-corrected chi connectivity index (χ4v) is 4.41. The molecule has 23 heavy (non-hydrogen) atoms. The predicted octanol–water partition coefficient (Wildman–Crippen LogP) is 3.47. The van der Waals surface area contributed by atoms with Crippen LogP contribution in [-0.4, -0.2) is 17.1 Å². The van der Waals surface area contributed by atoms with Gasteiger partial charge in [0.15, 0.2) is 0 Å². The van der Waals surface area contributed by atoms with Crippen LogP contribution >= 0.6 is 11.6 Å². The Morgan fingerprint density at radius 3 is 2.87 bits per heavy atom. The molecule has 1 unspecified atom stereocenters. The van der Waals surface area contributed by atoms with Gasteiger partial charge in [-0.2, -0.15) is 0 Å². The maximum Gasteiger partial charge on any atom is 0.255 e. The molecule has 2 bridgehead atoms. The van der Waals surface area contributed by atoms with Gasteiger partial charge in [-0.25, -0.2) is 0 Å². The quantitative estimate of drug-likeness (QED) is 0.884. The van der Waals surface area contributed by atoms with Crippen LogP contribution in [0.4, 0.5) is 0 Å². The van der Waals surface area contributed by atoms with E-state index in [2.05, 4.69) is 4.98 Å². The SMILES string of the molecule is N[C@H]1CC[C@H]2C[C@H]1CCC2Oc1cc2cc[nH]c(=O)c2cc1Cl. The van der Waals surface area contributed by atoms with Crippen LogP contribution in [-0.2, 0) is 0 Å². The minimum absolute atomic E-state index is 0.127. The number of nitrogens with one attached hydrogen (secondary N) is 1. The van der Waals surface area contributed by atoms with E-state index >= 15 is 0 Å². The van der Waals surface area contributed by atoms with Gasteiger partial charge in [0, 0.05) is 17.6 Å². The molecule has 1 heterocycles. The molecule has 0 spiro atoms. The van der Waals surface area contributed by atoms with E-state index in [0.717, 1.165) is 37.5 Å². The van der Waals surface area contributed by atoms with Crippen molar-refractivity contribution in [3.05, 3.63) is 39.8 Å². The van der Waals surface area contributed by atoms with Crippen molar-refractivity contribution in [1.82, 2.24) is 4.98 Å². The average Bonchev–Trinajstić information content (AvgIpc) is 2.55. The van der Waals surface area contributed by atoms with Gasteiger partial charge in [-0.3, -0.25) is 4.79 Å². The van der Waals surface area contributed by atoms with Crippen molar-refractivity contribution < 1.29 is 4.74 Å². The highest BCUT2D eigenvalue weighted by Gasteiger charge is 2.38. The highest BCUT2D eigenvalue weighted by molar-refractivity contribution is 6.32. The lowest BCUT2D eigenvalue weighted by Crippen LogP contribution is -2.45. The number of halogens is 1. The second kappa shape index (κ2) is 5.84. The summed E-state index contributed by atoms with van der Waals surface area (Å²) in [5, 5.41) is 1.95. The third-order valence-electron chi connectivity index (χ3n) is 5.53. The molecule has 1 aromatic carbocycles. The first-order valence-electron chi connectivity index (χ1n) is 8.35. The van der Waals surface area contributed by atoms with Crippen LogP contribution in [0.1, 0.15) is 32.1 Å². The van der Waals surface area contributed by atoms with Crippen molar-refractivity contribution in [2.24, 2.45) is 17.6 Å². The molecule has 0 saturated heterocycles. The lowest BCUT2D eigenvalue weighted by atomic mass is 9.68. The van der Waals surface area contributed by atoms with Crippen molar-refractivity contribution in [2.75, 3.05) is 0 Å². The average molecular weight is 333 g/mol. The first-order chi connectivity index (χ1) is 11.1. The minimum atomic E-state index is -0.127. The summed E-state index contributed by atoms with van der Waals surface area (Å²) in [6.45, 7) is 0. The Kier molecular flexibility index (Phi) is 3.82. The third kappa shape index (κ3) is 2.74. The maximum absolute atomic E-state index is 11.8. The fourth-order valence-electron chi connectivity index (χ4n) is 4.20. The van der Waals surface area contributed by atoms with E-state index in [-0.39, 0.29) is 11.7 Å². The van der Waals surface area contributed by atoms with E-state index < -0.39 is 0 Å². The Hall–Kier alpha value is -1.52. The topological polar surface area (TPSA) is 68.1 Å². The van der Waals surface area contributed by atoms with Gasteiger partial charge in [-0.1, -0.05) is 11.6 Å². The van der Waals surface area contributed by atoms with Gasteiger partial charge in [-0.15, -0.1) is 0 Å². The number of benzene rings is 1. The van der Waals surface area contributed by atoms with Gasteiger partial charge in [0.05, 0.1) is 5.02 Å². The first kappa shape index (κ1) is 15.0. The number of hydrogen-bond acceptors (Lipinski definition) is 3. The second-order valence-electron chi connectivity index (χ2n) is 6.91. The van der Waals surface area contributed by atoms with Crippen molar-refractivity contribution in [3.63, 3.8) is 0 Å². The largest absolute Gasteiger partial charge is 0.489 e. The summed E-state index contributed by atoms with van der Waals surface area (Å²) < 4.78 is 6.27. The van der Waals surface area contributed by atoms with Crippen LogP contribution in [0, 0.1) is 11.8 Å². The number of rotatable bonds is 2. The molecule has 4 rings (SSSR count). The Labute approximate surface area is 140 Å². The number of ether oxygens (including phenoxy) is 1. The van der Waals surface area contributed by atoms with E-state index in [1.54, 1.807) is 12.3 Å². The molecule has 2 aromatic rings. The van der Waals surface area contributed by atoms with Crippen LogP contribution in [0.15, 0.2) is 29.2 Å². The van der Waals surface area contributed by atoms with Gasteiger partial charge in [0.1, 0.15) is 11.9 Å². The van der Waals surface area contributed by atoms with E-state index in [9.17, 15) is 4.79 Å². The molecule has 0 amide bonds. The maximum atomic E-state index is 11.8. The molecule has 5 heteroatoms. The molecule has 2 aliphatic carbocycles. The first-order valence-corrected chi connectivity index (χ1v) is 8.73. The number of pyridine rings is 1. The molecule has 0 aliphatic heterocycles. The summed E-state index contributed by atoms with van der Waals surface area (Å²) in [6.07, 6.45) is 7.41. The van der Waals surface area contributed by atoms with Crippen LogP contribution in [0.3, 0.4) is 0 Å². The van der Waals surface area contributed by atoms with Gasteiger partial charge < -0.3 is 15.5 Å². The Morgan fingerprint density at radius 1 is 1.17 bits per heavy atom. The van der Waals surface area contributed by atoms with Gasteiger partial charge in [0.25, 0.3) is 5.56 Å². The second-order valence-corrected chi connectivity index (χ2v) is 7.31. The Morgan fingerprint density at radius 2 is 2.00 bits per heavy atom. The number of fused-ring (bicyclic) bond motifs is 3. The van der Waals surface area contributed by atoms with E-state index in [1.807, 2.05) is 12.1 Å². The number of aromatic amines is 1. The van der Waals surface area contributed by atoms with Crippen LogP contribution < -0.4 is 16.0 Å². The van der Waals surface area contributed by atoms with E-state index in [1.165, 1.54) is 0 Å². The summed E-state index contributed by atoms with van der Waals surface area (Å²) in [7, 11) is 0. The lowest BCUT2D eigenvalue weighted by molar-refractivity contribution is 0.0321. The van der Waals surface area contributed by atoms with Crippen molar-refractivity contribution in [2.45, 2.75) is 44.2 Å². The molecular weight excluding hydrogens is 312 g/mol. The van der Waals surface area contributed by atoms with Crippen LogP contribution in [0.2, 0.25) is 5.02 Å². The smallest absolute Gasteiger partial charge is 0.255 e. The number of H-pyrrole nitrogens is 1. The molecule has 4 atom stereocenters. The molecule has 0 radical (unpaired) electrons. The molecule has 122 valence electrons. The molecule has 2 saturated carbocycles. The van der Waals surface area contributed by atoms with Gasteiger partial charge in [0.2, 0.25) is 0 Å². The zero-order valence-electron chi connectivity index (χ0n) is 12.9. The normalized spacial score (nSPS) is 30.3. The van der Waals surface area contributed by atoms with Gasteiger partial charge in [-0.05, 0) is 67.5 Å². The monoisotopic (exact) mass is 332 g/mol. The zero-order chi connectivity index (χ0) is 16.0.